The van der Waals surface area contributed by atoms with Crippen molar-refractivity contribution in [3.63, 3.8) is 0 Å². The minimum Gasteiger partial charge on any atom is -0.337 e. The molecule has 7 nitrogen and oxygen atoms in total. The number of rotatable bonds is 2. The standard InChI is InChI=1S/C11H11BrN2O5S/c12-10-7-8(14(16)17)1-2-9(10)11(15)13-3-5-20(18,19)6-4-13/h1-2,7H,3-6H2. The van der Waals surface area contributed by atoms with Crippen molar-refractivity contribution in [2.75, 3.05) is 24.6 Å². The Kier molecular flexibility index (Phi) is 4.09. The number of nitrogens with zero attached hydrogens (tertiary/aromatic N) is 2. The highest BCUT2D eigenvalue weighted by atomic mass is 79.9. The molecule has 1 heterocycles. The molecule has 9 heteroatoms. The molecule has 1 saturated heterocycles. The van der Waals surface area contributed by atoms with Crippen molar-refractivity contribution in [1.82, 2.24) is 4.90 Å². The van der Waals surface area contributed by atoms with Crippen LogP contribution in [0, 0.1) is 10.1 Å². The van der Waals surface area contributed by atoms with Crippen LogP contribution in [0.5, 0.6) is 0 Å². The first-order chi connectivity index (χ1) is 9.30. The van der Waals surface area contributed by atoms with Gasteiger partial charge in [-0.25, -0.2) is 8.42 Å². The normalized spacial score (nSPS) is 17.8. The molecule has 0 aliphatic carbocycles. The van der Waals surface area contributed by atoms with Crippen LogP contribution < -0.4 is 0 Å². The third-order valence-electron chi connectivity index (χ3n) is 3.03. The summed E-state index contributed by atoms with van der Waals surface area (Å²) in [6, 6.07) is 3.88. The Labute approximate surface area is 123 Å². The molecule has 0 spiro atoms. The van der Waals surface area contributed by atoms with E-state index in [0.29, 0.717) is 4.47 Å². The number of nitro groups is 1. The van der Waals surface area contributed by atoms with E-state index in [1.807, 2.05) is 0 Å². The molecule has 0 atom stereocenters. The van der Waals surface area contributed by atoms with E-state index >= 15 is 0 Å². The molecule has 0 radical (unpaired) electrons. The van der Waals surface area contributed by atoms with Gasteiger partial charge in [0.25, 0.3) is 11.6 Å². The predicted octanol–water partition coefficient (Wildman–Crippen LogP) is 1.23. The van der Waals surface area contributed by atoms with Gasteiger partial charge in [-0.15, -0.1) is 0 Å². The molecule has 0 unspecified atom stereocenters. The van der Waals surface area contributed by atoms with Crippen LogP contribution in [0.3, 0.4) is 0 Å². The van der Waals surface area contributed by atoms with Gasteiger partial charge in [0.1, 0.15) is 0 Å². The SMILES string of the molecule is O=C(c1ccc([N+](=O)[O-])cc1Br)N1CCS(=O)(=O)CC1. The number of hydrogen-bond donors (Lipinski definition) is 0. The van der Waals surface area contributed by atoms with Crippen molar-refractivity contribution < 1.29 is 18.1 Å². The zero-order valence-corrected chi connectivity index (χ0v) is 12.7. The highest BCUT2D eigenvalue weighted by Crippen LogP contribution is 2.24. The van der Waals surface area contributed by atoms with Crippen LogP contribution in [0.25, 0.3) is 0 Å². The molecule has 1 aliphatic heterocycles. The molecule has 0 bridgehead atoms. The van der Waals surface area contributed by atoms with E-state index in [2.05, 4.69) is 15.9 Å². The molecule has 1 aliphatic rings. The summed E-state index contributed by atoms with van der Waals surface area (Å²) in [5.74, 6) is -0.436. The number of sulfone groups is 1. The van der Waals surface area contributed by atoms with Gasteiger partial charge in [0.2, 0.25) is 0 Å². The van der Waals surface area contributed by atoms with Gasteiger partial charge in [0.05, 0.1) is 22.0 Å². The van der Waals surface area contributed by atoms with Gasteiger partial charge in [0, 0.05) is 29.7 Å². The van der Waals surface area contributed by atoms with Gasteiger partial charge in [-0.05, 0) is 22.0 Å². The molecular formula is C11H11BrN2O5S. The van der Waals surface area contributed by atoms with Crippen LogP contribution in [-0.4, -0.2) is 48.7 Å². The van der Waals surface area contributed by atoms with Crippen molar-refractivity contribution in [2.24, 2.45) is 0 Å². The number of nitro benzene ring substituents is 1. The fourth-order valence-electron chi connectivity index (χ4n) is 1.88. The molecule has 108 valence electrons. The maximum atomic E-state index is 12.2. The van der Waals surface area contributed by atoms with Gasteiger partial charge in [-0.3, -0.25) is 14.9 Å². The molecule has 20 heavy (non-hydrogen) atoms. The lowest BCUT2D eigenvalue weighted by Gasteiger charge is -2.27. The minimum absolute atomic E-state index is 0.0522. The largest absolute Gasteiger partial charge is 0.337 e. The van der Waals surface area contributed by atoms with Crippen molar-refractivity contribution >= 4 is 37.4 Å². The maximum Gasteiger partial charge on any atom is 0.270 e. The summed E-state index contributed by atoms with van der Waals surface area (Å²) in [7, 11) is -3.05. The molecule has 0 saturated carbocycles. The van der Waals surface area contributed by atoms with Crippen LogP contribution in [-0.2, 0) is 9.84 Å². The molecular weight excluding hydrogens is 352 g/mol. The summed E-state index contributed by atoms with van der Waals surface area (Å²) in [5, 5.41) is 10.6. The van der Waals surface area contributed by atoms with Crippen molar-refractivity contribution in [3.8, 4) is 0 Å². The fraction of sp³-hybridized carbons (Fsp3) is 0.364. The Balaban J connectivity index is 2.20. The van der Waals surface area contributed by atoms with E-state index in [1.165, 1.54) is 23.1 Å². The number of hydrogen-bond acceptors (Lipinski definition) is 5. The topological polar surface area (TPSA) is 97.6 Å². The highest BCUT2D eigenvalue weighted by molar-refractivity contribution is 9.10. The summed E-state index contributed by atoms with van der Waals surface area (Å²) in [5.41, 5.74) is 0.171. The van der Waals surface area contributed by atoms with Gasteiger partial charge < -0.3 is 4.90 Å². The Morgan fingerprint density at radius 1 is 1.30 bits per heavy atom. The number of carbonyl (C=O) groups excluding carboxylic acids is 1. The van der Waals surface area contributed by atoms with Gasteiger partial charge >= 0.3 is 0 Å². The van der Waals surface area contributed by atoms with Crippen molar-refractivity contribution in [1.29, 1.82) is 0 Å². The van der Waals surface area contributed by atoms with Crippen LogP contribution in [0.2, 0.25) is 0 Å². The molecule has 2 rings (SSSR count). The predicted molar refractivity (Wildman–Crippen MR) is 75.4 cm³/mol. The first-order valence-electron chi connectivity index (χ1n) is 5.74. The second-order valence-corrected chi connectivity index (χ2v) is 7.52. The van der Waals surface area contributed by atoms with Gasteiger partial charge in [0.15, 0.2) is 9.84 Å². The third-order valence-corrected chi connectivity index (χ3v) is 5.29. The fourth-order valence-corrected chi connectivity index (χ4v) is 3.61. The molecule has 1 aromatic carbocycles. The lowest BCUT2D eigenvalue weighted by atomic mass is 10.2. The van der Waals surface area contributed by atoms with Crippen LogP contribution in [0.4, 0.5) is 5.69 Å². The van der Waals surface area contributed by atoms with E-state index in [0.717, 1.165) is 0 Å². The summed E-state index contributed by atoms with van der Waals surface area (Å²) in [6.45, 7) is 0.287. The average molecular weight is 363 g/mol. The number of halogens is 1. The Morgan fingerprint density at radius 3 is 2.40 bits per heavy atom. The van der Waals surface area contributed by atoms with Crippen LogP contribution in [0.1, 0.15) is 10.4 Å². The van der Waals surface area contributed by atoms with Gasteiger partial charge in [-0.2, -0.15) is 0 Å². The number of amides is 1. The van der Waals surface area contributed by atoms with Crippen molar-refractivity contribution in [2.45, 2.75) is 0 Å². The summed E-state index contributed by atoms with van der Waals surface area (Å²) >= 11 is 3.13. The lowest BCUT2D eigenvalue weighted by molar-refractivity contribution is -0.384. The zero-order chi connectivity index (χ0) is 14.9. The quantitative estimate of drug-likeness (QED) is 0.582. The maximum absolute atomic E-state index is 12.2. The lowest BCUT2D eigenvalue weighted by Crippen LogP contribution is -2.43. The molecule has 0 aromatic heterocycles. The Bertz CT molecular complexity index is 659. The second-order valence-electron chi connectivity index (χ2n) is 4.37. The van der Waals surface area contributed by atoms with Crippen LogP contribution in [0.15, 0.2) is 22.7 Å². The van der Waals surface area contributed by atoms with Gasteiger partial charge in [-0.1, -0.05) is 0 Å². The second kappa shape index (κ2) is 5.49. The number of benzene rings is 1. The molecule has 0 N–H and O–H groups in total. The van der Waals surface area contributed by atoms with E-state index in [-0.39, 0.29) is 41.8 Å². The Morgan fingerprint density at radius 2 is 1.90 bits per heavy atom. The summed E-state index contributed by atoms with van der Waals surface area (Å²) < 4.78 is 23.0. The smallest absolute Gasteiger partial charge is 0.270 e. The number of non-ortho nitro benzene ring substituents is 1. The Hall–Kier alpha value is -1.48. The first-order valence-corrected chi connectivity index (χ1v) is 8.35. The average Bonchev–Trinajstić information content (AvgIpc) is 2.37. The van der Waals surface area contributed by atoms with E-state index in [4.69, 9.17) is 0 Å². The summed E-state index contributed by atoms with van der Waals surface area (Å²) in [6.07, 6.45) is 0. The number of carbonyl (C=O) groups is 1. The van der Waals surface area contributed by atoms with Crippen molar-refractivity contribution in [3.05, 3.63) is 38.3 Å². The summed E-state index contributed by atoms with van der Waals surface area (Å²) in [4.78, 5) is 23.8. The highest BCUT2D eigenvalue weighted by Gasteiger charge is 2.27. The van der Waals surface area contributed by atoms with Crippen LogP contribution >= 0.6 is 15.9 Å². The zero-order valence-electron chi connectivity index (χ0n) is 10.3. The van der Waals surface area contributed by atoms with E-state index in [1.54, 1.807) is 0 Å². The van der Waals surface area contributed by atoms with E-state index < -0.39 is 14.8 Å². The monoisotopic (exact) mass is 362 g/mol. The third kappa shape index (κ3) is 3.15. The minimum atomic E-state index is -3.05. The first kappa shape index (κ1) is 14.9. The molecule has 1 aromatic rings. The molecule has 1 amide bonds. The van der Waals surface area contributed by atoms with E-state index in [9.17, 15) is 23.3 Å². The molecule has 1 fully saturated rings.